The first-order valence-electron chi connectivity index (χ1n) is 14.0. The van der Waals surface area contributed by atoms with E-state index in [-0.39, 0.29) is 22.7 Å². The fourth-order valence-electron chi connectivity index (χ4n) is 9.97. The Morgan fingerprint density at radius 2 is 1.60 bits per heavy atom. The zero-order chi connectivity index (χ0) is 26.2. The van der Waals surface area contributed by atoms with E-state index in [2.05, 4.69) is 41.2 Å². The smallest absolute Gasteiger partial charge is 0.303 e. The largest absolute Gasteiger partial charge is 0.481 e. The van der Waals surface area contributed by atoms with Gasteiger partial charge in [-0.25, -0.2) is 0 Å². The number of aliphatic carboxylic acids is 1. The maximum absolute atomic E-state index is 11.6. The summed E-state index contributed by atoms with van der Waals surface area (Å²) in [5.74, 6) is -0.513. The summed E-state index contributed by atoms with van der Waals surface area (Å²) in [7, 11) is 0. The van der Waals surface area contributed by atoms with Gasteiger partial charge in [0.1, 0.15) is 5.60 Å². The topological polar surface area (TPSA) is 87.0 Å². The van der Waals surface area contributed by atoms with Gasteiger partial charge in [-0.2, -0.15) is 0 Å². The molecule has 3 aliphatic carbocycles. The third-order valence-corrected chi connectivity index (χ3v) is 12.2. The van der Waals surface area contributed by atoms with E-state index in [1.807, 2.05) is 0 Å². The molecule has 0 spiro atoms. The Hall–Kier alpha value is -0.910. The predicted octanol–water partition coefficient (Wildman–Crippen LogP) is 6.32. The van der Waals surface area contributed by atoms with E-state index in [1.54, 1.807) is 13.8 Å². The van der Waals surface area contributed by atoms with Crippen molar-refractivity contribution in [1.29, 1.82) is 0 Å². The molecular weight excluding hydrogens is 440 g/mol. The molecule has 5 heteroatoms. The second kappa shape index (κ2) is 8.30. The molecule has 0 radical (unpaired) electrons. The molecule has 35 heavy (non-hydrogen) atoms. The summed E-state index contributed by atoms with van der Waals surface area (Å²) < 4.78 is 6.43. The van der Waals surface area contributed by atoms with Crippen LogP contribution >= 0.6 is 0 Å². The third kappa shape index (κ3) is 3.85. The van der Waals surface area contributed by atoms with Crippen molar-refractivity contribution in [2.75, 3.05) is 0 Å². The number of carboxylic acid groups (broad SMARTS) is 1. The Morgan fingerprint density at radius 1 is 0.971 bits per heavy atom. The molecule has 4 fully saturated rings. The molecule has 4 aliphatic rings. The zero-order valence-corrected chi connectivity index (χ0v) is 23.2. The summed E-state index contributed by atoms with van der Waals surface area (Å²) in [4.78, 5) is 11.6. The second-order valence-electron chi connectivity index (χ2n) is 14.3. The van der Waals surface area contributed by atoms with Gasteiger partial charge in [-0.05, 0) is 119 Å². The predicted molar refractivity (Wildman–Crippen MR) is 138 cm³/mol. The van der Waals surface area contributed by atoms with Crippen LogP contribution in [-0.4, -0.2) is 38.3 Å². The van der Waals surface area contributed by atoms with Crippen LogP contribution in [0.5, 0.6) is 0 Å². The van der Waals surface area contributed by atoms with E-state index >= 15 is 0 Å². The molecule has 0 bridgehead atoms. The zero-order valence-electron chi connectivity index (χ0n) is 23.2. The van der Waals surface area contributed by atoms with Crippen LogP contribution < -0.4 is 0 Å². The van der Waals surface area contributed by atoms with Crippen molar-refractivity contribution >= 4 is 5.97 Å². The van der Waals surface area contributed by atoms with Gasteiger partial charge in [-0.1, -0.05) is 32.9 Å². The molecule has 200 valence electrons. The van der Waals surface area contributed by atoms with Gasteiger partial charge in [-0.15, -0.1) is 0 Å². The van der Waals surface area contributed by atoms with Crippen LogP contribution in [0.4, 0.5) is 0 Å². The molecule has 3 N–H and O–H groups in total. The van der Waals surface area contributed by atoms with Crippen molar-refractivity contribution in [3.8, 4) is 0 Å². The molecule has 1 saturated heterocycles. The summed E-state index contributed by atoms with van der Waals surface area (Å²) >= 11 is 0. The quantitative estimate of drug-likeness (QED) is 0.379. The van der Waals surface area contributed by atoms with Crippen LogP contribution in [0.1, 0.15) is 113 Å². The molecule has 0 aromatic heterocycles. The van der Waals surface area contributed by atoms with Gasteiger partial charge in [-0.3, -0.25) is 4.79 Å². The molecule has 0 aromatic rings. The number of carboxylic acids is 1. The Labute approximate surface area is 212 Å². The van der Waals surface area contributed by atoms with Gasteiger partial charge in [0.05, 0.1) is 5.60 Å². The van der Waals surface area contributed by atoms with Crippen LogP contribution in [0.2, 0.25) is 0 Å². The number of carbonyl (C=O) groups is 1. The highest BCUT2D eigenvalue weighted by Gasteiger charge is 2.69. The molecule has 0 unspecified atom stereocenters. The molecule has 0 aromatic carbocycles. The number of allylic oxidation sites excluding steroid dienone is 1. The van der Waals surface area contributed by atoms with Gasteiger partial charge in [0.2, 0.25) is 0 Å². The van der Waals surface area contributed by atoms with E-state index in [4.69, 9.17) is 4.74 Å². The number of rotatable bonds is 6. The van der Waals surface area contributed by atoms with Crippen LogP contribution in [0.25, 0.3) is 0 Å². The SMILES string of the molecule is C=C(C)[C@@H]1CC[C@]2(C)[C@@H](CC[C@@H]3[C@@H]([C@]4(C)CC[C@@](O)(C(C)(C)O)O4)CC[C@]32C)[C@@]1(C)CCC(=O)O. The molecule has 0 amide bonds. The Bertz CT molecular complexity index is 876. The number of fused-ring (bicyclic) bond motifs is 3. The van der Waals surface area contributed by atoms with Crippen molar-refractivity contribution in [2.45, 2.75) is 130 Å². The lowest BCUT2D eigenvalue weighted by Gasteiger charge is -2.66. The lowest BCUT2D eigenvalue weighted by molar-refractivity contribution is -0.305. The number of hydrogen-bond donors (Lipinski definition) is 3. The number of aliphatic hydroxyl groups is 2. The van der Waals surface area contributed by atoms with Crippen LogP contribution in [-0.2, 0) is 9.53 Å². The monoisotopic (exact) mass is 490 g/mol. The fraction of sp³-hybridized carbons (Fsp3) is 0.900. The lowest BCUT2D eigenvalue weighted by atomic mass is 9.38. The Morgan fingerprint density at radius 3 is 2.14 bits per heavy atom. The van der Waals surface area contributed by atoms with Gasteiger partial charge in [0, 0.05) is 12.8 Å². The summed E-state index contributed by atoms with van der Waals surface area (Å²) in [6.07, 6.45) is 8.84. The summed E-state index contributed by atoms with van der Waals surface area (Å²) in [6, 6.07) is 0. The Balaban J connectivity index is 1.66. The van der Waals surface area contributed by atoms with Crippen molar-refractivity contribution in [3.05, 3.63) is 12.2 Å². The fourth-order valence-corrected chi connectivity index (χ4v) is 9.97. The summed E-state index contributed by atoms with van der Waals surface area (Å²) in [5.41, 5.74) is -0.323. The molecule has 3 saturated carbocycles. The summed E-state index contributed by atoms with van der Waals surface area (Å²) in [5, 5.41) is 31.3. The van der Waals surface area contributed by atoms with Crippen molar-refractivity contribution in [1.82, 2.24) is 0 Å². The van der Waals surface area contributed by atoms with Crippen LogP contribution in [0.15, 0.2) is 12.2 Å². The van der Waals surface area contributed by atoms with E-state index < -0.39 is 23.0 Å². The standard InChI is InChI=1S/C30H50O5/c1-19(2)20-11-16-28(7)23(26(20,5)14-13-24(31)32)10-9-21-22(12-15-27(21,28)6)29(8)17-18-30(34,35-29)25(3,4)33/h20-23,33-34H,1,9-18H2,2-8H3,(H,31,32)/t20-,21+,22-,23-,26-,27+,28+,29-,30-/m0/s1. The lowest BCUT2D eigenvalue weighted by Crippen LogP contribution is -2.60. The van der Waals surface area contributed by atoms with E-state index in [9.17, 15) is 20.1 Å². The third-order valence-electron chi connectivity index (χ3n) is 12.2. The molecular formula is C30H50O5. The van der Waals surface area contributed by atoms with Gasteiger partial charge < -0.3 is 20.1 Å². The van der Waals surface area contributed by atoms with E-state index in [1.165, 1.54) is 5.57 Å². The summed E-state index contributed by atoms with van der Waals surface area (Å²) in [6.45, 7) is 19.3. The normalized spacial score (nSPS) is 50.0. The maximum atomic E-state index is 11.6. The van der Waals surface area contributed by atoms with Gasteiger partial charge >= 0.3 is 5.97 Å². The van der Waals surface area contributed by atoms with E-state index in [0.717, 1.165) is 44.9 Å². The minimum Gasteiger partial charge on any atom is -0.481 e. The molecule has 9 atom stereocenters. The highest BCUT2D eigenvalue weighted by molar-refractivity contribution is 5.66. The first-order chi connectivity index (χ1) is 15.9. The average Bonchev–Trinajstić information content (AvgIpc) is 3.25. The first kappa shape index (κ1) is 27.1. The average molecular weight is 491 g/mol. The van der Waals surface area contributed by atoms with Crippen LogP contribution in [0, 0.1) is 39.9 Å². The highest BCUT2D eigenvalue weighted by Crippen LogP contribution is 2.74. The van der Waals surface area contributed by atoms with E-state index in [0.29, 0.717) is 36.5 Å². The van der Waals surface area contributed by atoms with Crippen molar-refractivity contribution < 1.29 is 24.9 Å². The first-order valence-corrected chi connectivity index (χ1v) is 14.0. The van der Waals surface area contributed by atoms with Crippen LogP contribution in [0.3, 0.4) is 0 Å². The number of ether oxygens (including phenoxy) is 1. The molecule has 4 rings (SSSR count). The molecule has 1 aliphatic heterocycles. The Kier molecular flexibility index (Phi) is 6.43. The molecule has 1 heterocycles. The van der Waals surface area contributed by atoms with Gasteiger partial charge in [0.25, 0.3) is 0 Å². The van der Waals surface area contributed by atoms with Crippen molar-refractivity contribution in [2.24, 2.45) is 39.9 Å². The minimum atomic E-state index is -1.50. The van der Waals surface area contributed by atoms with Crippen molar-refractivity contribution in [3.63, 3.8) is 0 Å². The molecule has 5 nitrogen and oxygen atoms in total. The highest BCUT2D eigenvalue weighted by atomic mass is 16.7. The maximum Gasteiger partial charge on any atom is 0.303 e. The number of hydrogen-bond acceptors (Lipinski definition) is 4. The minimum absolute atomic E-state index is 0.0573. The second-order valence-corrected chi connectivity index (χ2v) is 14.3. The van der Waals surface area contributed by atoms with Gasteiger partial charge in [0.15, 0.2) is 5.79 Å².